The van der Waals surface area contributed by atoms with Crippen LogP contribution in [0.2, 0.25) is 5.02 Å². The van der Waals surface area contributed by atoms with Crippen molar-refractivity contribution in [3.63, 3.8) is 0 Å². The molecular weight excluding hydrogens is 374 g/mol. The Bertz CT molecular complexity index is 939. The Hall–Kier alpha value is -2.86. The minimum absolute atomic E-state index is 0.223. The van der Waals surface area contributed by atoms with Crippen LogP contribution in [0.3, 0.4) is 0 Å². The quantitative estimate of drug-likeness (QED) is 0.683. The van der Waals surface area contributed by atoms with Gasteiger partial charge in [-0.1, -0.05) is 36.2 Å². The van der Waals surface area contributed by atoms with Crippen LogP contribution in [-0.4, -0.2) is 20.8 Å². The van der Waals surface area contributed by atoms with Crippen molar-refractivity contribution in [3.8, 4) is 0 Å². The third kappa shape index (κ3) is 4.17. The highest BCUT2D eigenvalue weighted by molar-refractivity contribution is 6.30. The molecule has 0 aliphatic carbocycles. The molecule has 4 rings (SSSR count). The molecule has 144 valence electrons. The lowest BCUT2D eigenvalue weighted by Gasteiger charge is -2.23. The van der Waals surface area contributed by atoms with Gasteiger partial charge in [0.05, 0.1) is 6.54 Å². The Morgan fingerprint density at radius 3 is 2.61 bits per heavy atom. The van der Waals surface area contributed by atoms with Gasteiger partial charge in [-0.3, -0.25) is 4.90 Å². The average molecular weight is 396 g/mol. The molecule has 0 saturated heterocycles. The highest BCUT2D eigenvalue weighted by Gasteiger charge is 2.22. The van der Waals surface area contributed by atoms with E-state index in [1.165, 1.54) is 6.42 Å². The number of amides is 2. The average Bonchev–Trinajstić information content (AvgIpc) is 2.93. The zero-order valence-electron chi connectivity index (χ0n) is 15.5. The van der Waals surface area contributed by atoms with Crippen LogP contribution in [0, 0.1) is 0 Å². The number of urea groups is 1. The van der Waals surface area contributed by atoms with Gasteiger partial charge in [0.1, 0.15) is 5.82 Å². The highest BCUT2D eigenvalue weighted by Crippen LogP contribution is 2.23. The van der Waals surface area contributed by atoms with Crippen LogP contribution in [0.1, 0.15) is 30.9 Å². The van der Waals surface area contributed by atoms with Gasteiger partial charge in [-0.05, 0) is 49.2 Å². The number of hydrogen-bond acceptors (Lipinski definition) is 3. The number of halogens is 1. The fraction of sp³-hybridized carbons (Fsp3) is 0.286. The second-order valence-corrected chi connectivity index (χ2v) is 7.29. The minimum atomic E-state index is -0.223. The first-order chi connectivity index (χ1) is 13.7. The molecular formula is C21H22ClN5O. The van der Waals surface area contributed by atoms with Crippen LogP contribution < -0.4 is 10.2 Å². The number of rotatable bonds is 4. The summed E-state index contributed by atoms with van der Waals surface area (Å²) in [5.74, 6) is 1.81. The lowest BCUT2D eigenvalue weighted by molar-refractivity contribution is 0.256. The Kier molecular flexibility index (Phi) is 5.58. The first-order valence-corrected chi connectivity index (χ1v) is 9.88. The molecule has 2 aromatic carbocycles. The molecule has 1 aliphatic rings. The maximum Gasteiger partial charge on any atom is 0.326 e. The van der Waals surface area contributed by atoms with E-state index in [4.69, 9.17) is 11.6 Å². The molecule has 3 aromatic rings. The van der Waals surface area contributed by atoms with E-state index >= 15 is 0 Å². The van der Waals surface area contributed by atoms with Gasteiger partial charge in [-0.25, -0.2) is 4.79 Å². The van der Waals surface area contributed by atoms with Crippen molar-refractivity contribution in [2.24, 2.45) is 0 Å². The van der Waals surface area contributed by atoms with E-state index in [0.29, 0.717) is 11.6 Å². The number of carbonyl (C=O) groups is 1. The minimum Gasteiger partial charge on any atom is -0.313 e. The fourth-order valence-electron chi connectivity index (χ4n) is 3.42. The van der Waals surface area contributed by atoms with Gasteiger partial charge in [-0.2, -0.15) is 0 Å². The third-order valence-electron chi connectivity index (χ3n) is 4.89. The Balaban J connectivity index is 1.62. The van der Waals surface area contributed by atoms with Crippen molar-refractivity contribution >= 4 is 29.0 Å². The predicted octanol–water partition coefficient (Wildman–Crippen LogP) is 4.90. The molecule has 2 amide bonds. The summed E-state index contributed by atoms with van der Waals surface area (Å²) in [5.41, 5.74) is 1.50. The van der Waals surface area contributed by atoms with Crippen LogP contribution in [0.4, 0.5) is 16.2 Å². The van der Waals surface area contributed by atoms with Gasteiger partial charge in [-0.15, -0.1) is 10.2 Å². The molecule has 0 spiro atoms. The molecule has 0 radical (unpaired) electrons. The van der Waals surface area contributed by atoms with Crippen molar-refractivity contribution in [1.29, 1.82) is 0 Å². The Morgan fingerprint density at radius 1 is 1.04 bits per heavy atom. The largest absolute Gasteiger partial charge is 0.326 e. The van der Waals surface area contributed by atoms with Gasteiger partial charge in [0.25, 0.3) is 0 Å². The van der Waals surface area contributed by atoms with Crippen molar-refractivity contribution in [3.05, 3.63) is 71.3 Å². The Labute approximate surface area is 169 Å². The summed E-state index contributed by atoms with van der Waals surface area (Å²) in [4.78, 5) is 14.8. The van der Waals surface area contributed by atoms with Gasteiger partial charge >= 0.3 is 6.03 Å². The van der Waals surface area contributed by atoms with Gasteiger partial charge in [0.15, 0.2) is 5.82 Å². The first kappa shape index (κ1) is 18.5. The summed E-state index contributed by atoms with van der Waals surface area (Å²) in [6.07, 6.45) is 4.37. The summed E-state index contributed by atoms with van der Waals surface area (Å²) in [7, 11) is 0. The van der Waals surface area contributed by atoms with Gasteiger partial charge < -0.3 is 9.88 Å². The second-order valence-electron chi connectivity index (χ2n) is 6.85. The van der Waals surface area contributed by atoms with Crippen molar-refractivity contribution in [2.45, 2.75) is 38.8 Å². The smallest absolute Gasteiger partial charge is 0.313 e. The molecule has 1 N–H and O–H groups in total. The predicted molar refractivity (Wildman–Crippen MR) is 111 cm³/mol. The van der Waals surface area contributed by atoms with E-state index in [2.05, 4.69) is 20.1 Å². The number of aryl methyl sites for hydroxylation is 1. The van der Waals surface area contributed by atoms with E-state index in [0.717, 1.165) is 48.8 Å². The zero-order valence-corrected chi connectivity index (χ0v) is 16.3. The van der Waals surface area contributed by atoms with E-state index in [9.17, 15) is 4.79 Å². The first-order valence-electron chi connectivity index (χ1n) is 9.51. The molecule has 7 heteroatoms. The number of carbonyl (C=O) groups excluding carboxylic acids is 1. The molecule has 1 aliphatic heterocycles. The topological polar surface area (TPSA) is 63.1 Å². The molecule has 0 unspecified atom stereocenters. The molecule has 0 bridgehead atoms. The van der Waals surface area contributed by atoms with E-state index < -0.39 is 0 Å². The number of benzene rings is 2. The number of anilines is 2. The molecule has 0 atom stereocenters. The van der Waals surface area contributed by atoms with Crippen molar-refractivity contribution in [2.75, 3.05) is 10.2 Å². The molecule has 2 heterocycles. The summed E-state index contributed by atoms with van der Waals surface area (Å²) in [6, 6.07) is 16.4. The molecule has 0 fully saturated rings. The summed E-state index contributed by atoms with van der Waals surface area (Å²) < 4.78 is 2.16. The summed E-state index contributed by atoms with van der Waals surface area (Å²) in [6.45, 7) is 1.24. The van der Waals surface area contributed by atoms with Crippen LogP contribution in [0.15, 0.2) is 54.6 Å². The monoisotopic (exact) mass is 395 g/mol. The van der Waals surface area contributed by atoms with Crippen molar-refractivity contribution in [1.82, 2.24) is 14.8 Å². The number of fused-ring (bicyclic) bond motifs is 1. The van der Waals surface area contributed by atoms with Gasteiger partial charge in [0.2, 0.25) is 0 Å². The van der Waals surface area contributed by atoms with Crippen LogP contribution >= 0.6 is 11.6 Å². The lowest BCUT2D eigenvalue weighted by Crippen LogP contribution is -2.35. The standard InChI is InChI=1S/C21H22ClN5O/c22-16-10-12-18(13-11-16)27(21(28)23-17-7-3-1-4-8-17)15-20-25-24-19-9-5-2-6-14-26(19)20/h1,3-4,7-8,10-13H,2,5-6,9,14-15H2,(H,23,28). The van der Waals surface area contributed by atoms with E-state index in [-0.39, 0.29) is 6.03 Å². The molecule has 0 saturated carbocycles. The SMILES string of the molecule is O=C(Nc1ccccc1)N(Cc1nnc2n1CCCCC2)c1ccc(Cl)cc1. The molecule has 1 aromatic heterocycles. The zero-order chi connectivity index (χ0) is 19.3. The van der Waals surface area contributed by atoms with Crippen molar-refractivity contribution < 1.29 is 4.79 Å². The highest BCUT2D eigenvalue weighted by atomic mass is 35.5. The maximum absolute atomic E-state index is 13.1. The van der Waals surface area contributed by atoms with E-state index in [1.807, 2.05) is 42.5 Å². The number of hydrogen-bond donors (Lipinski definition) is 1. The summed E-state index contributed by atoms with van der Waals surface area (Å²) in [5, 5.41) is 12.3. The molecule has 28 heavy (non-hydrogen) atoms. The number of aromatic nitrogens is 3. The molecule has 6 nitrogen and oxygen atoms in total. The van der Waals surface area contributed by atoms with Crippen LogP contribution in [0.5, 0.6) is 0 Å². The van der Waals surface area contributed by atoms with Crippen LogP contribution in [0.25, 0.3) is 0 Å². The normalized spacial score (nSPS) is 13.5. The van der Waals surface area contributed by atoms with Crippen LogP contribution in [-0.2, 0) is 19.5 Å². The summed E-state index contributed by atoms with van der Waals surface area (Å²) >= 11 is 6.04. The second kappa shape index (κ2) is 8.44. The number of para-hydroxylation sites is 1. The maximum atomic E-state index is 13.1. The van der Waals surface area contributed by atoms with Gasteiger partial charge in [0, 0.05) is 29.4 Å². The lowest BCUT2D eigenvalue weighted by atomic mass is 10.2. The third-order valence-corrected chi connectivity index (χ3v) is 5.15. The fourth-order valence-corrected chi connectivity index (χ4v) is 3.54. The Morgan fingerprint density at radius 2 is 1.82 bits per heavy atom. The number of nitrogens with one attached hydrogen (secondary N) is 1. The van der Waals surface area contributed by atoms with E-state index in [1.54, 1.807) is 17.0 Å². The number of nitrogens with zero attached hydrogens (tertiary/aromatic N) is 4.